The Bertz CT molecular complexity index is 890. The van der Waals surface area contributed by atoms with Gasteiger partial charge in [0.15, 0.2) is 0 Å². The van der Waals surface area contributed by atoms with E-state index in [4.69, 9.17) is 4.74 Å². The van der Waals surface area contributed by atoms with Crippen LogP contribution in [0.5, 0.6) is 5.75 Å². The van der Waals surface area contributed by atoms with Crippen molar-refractivity contribution in [2.75, 3.05) is 13.7 Å². The molecule has 1 saturated heterocycles. The van der Waals surface area contributed by atoms with Crippen molar-refractivity contribution in [2.24, 2.45) is 0 Å². The van der Waals surface area contributed by atoms with E-state index >= 15 is 0 Å². The second kappa shape index (κ2) is 7.00. The minimum Gasteiger partial charge on any atom is -0.497 e. The zero-order chi connectivity index (χ0) is 17.9. The quantitative estimate of drug-likeness (QED) is 0.726. The summed E-state index contributed by atoms with van der Waals surface area (Å²) >= 11 is 0. The van der Waals surface area contributed by atoms with Gasteiger partial charge in [-0.25, -0.2) is 9.97 Å². The summed E-state index contributed by atoms with van der Waals surface area (Å²) in [6, 6.07) is 11.6. The average Bonchev–Trinajstić information content (AvgIpc) is 3.39. The van der Waals surface area contributed by atoms with Crippen LogP contribution >= 0.6 is 0 Å². The van der Waals surface area contributed by atoms with Gasteiger partial charge in [0.2, 0.25) is 0 Å². The van der Waals surface area contributed by atoms with E-state index in [9.17, 15) is 4.79 Å². The van der Waals surface area contributed by atoms with Gasteiger partial charge in [-0.05, 0) is 42.7 Å². The van der Waals surface area contributed by atoms with Gasteiger partial charge in [0, 0.05) is 30.7 Å². The number of imidazole rings is 1. The topological polar surface area (TPSA) is 60.2 Å². The molecule has 0 aliphatic carbocycles. The number of rotatable bonds is 4. The zero-order valence-corrected chi connectivity index (χ0v) is 14.6. The maximum absolute atomic E-state index is 13.1. The highest BCUT2D eigenvalue weighted by atomic mass is 16.5. The second-order valence-electron chi connectivity index (χ2n) is 6.30. The lowest BCUT2D eigenvalue weighted by molar-refractivity contribution is 0.0735. The smallest absolute Gasteiger partial charge is 0.254 e. The maximum Gasteiger partial charge on any atom is 0.254 e. The van der Waals surface area contributed by atoms with Gasteiger partial charge >= 0.3 is 0 Å². The van der Waals surface area contributed by atoms with Crippen molar-refractivity contribution in [1.82, 2.24) is 19.4 Å². The minimum absolute atomic E-state index is 0.0343. The predicted octanol–water partition coefficient (Wildman–Crippen LogP) is 3.25. The van der Waals surface area contributed by atoms with Crippen LogP contribution in [-0.4, -0.2) is 39.0 Å². The number of hydrogen-bond donors (Lipinski definition) is 0. The van der Waals surface area contributed by atoms with E-state index < -0.39 is 0 Å². The van der Waals surface area contributed by atoms with Crippen LogP contribution in [-0.2, 0) is 0 Å². The molecule has 1 amide bonds. The summed E-state index contributed by atoms with van der Waals surface area (Å²) in [6.45, 7) is 0.762. The number of carbonyl (C=O) groups is 1. The van der Waals surface area contributed by atoms with Gasteiger partial charge in [-0.2, -0.15) is 0 Å². The Balaban J connectivity index is 1.59. The molecule has 0 spiro atoms. The number of amides is 1. The number of benzene rings is 1. The Morgan fingerprint density at radius 3 is 2.77 bits per heavy atom. The molecule has 1 aliphatic heterocycles. The summed E-state index contributed by atoms with van der Waals surface area (Å²) in [5.41, 5.74) is 1.78. The van der Waals surface area contributed by atoms with E-state index in [2.05, 4.69) is 9.97 Å². The molecule has 1 atom stereocenters. The van der Waals surface area contributed by atoms with Crippen LogP contribution in [0.1, 0.15) is 34.8 Å². The molecule has 0 saturated carbocycles. The Morgan fingerprint density at radius 2 is 2.04 bits per heavy atom. The molecule has 0 bridgehead atoms. The van der Waals surface area contributed by atoms with Crippen LogP contribution in [0.15, 0.2) is 61.3 Å². The summed E-state index contributed by atoms with van der Waals surface area (Å²) in [5.74, 6) is 1.55. The van der Waals surface area contributed by atoms with Crippen LogP contribution in [0.25, 0.3) is 5.82 Å². The van der Waals surface area contributed by atoms with Crippen LogP contribution in [0, 0.1) is 0 Å². The maximum atomic E-state index is 13.1. The number of aromatic nitrogens is 3. The molecule has 6 heteroatoms. The Kier molecular flexibility index (Phi) is 4.39. The monoisotopic (exact) mass is 348 g/mol. The average molecular weight is 348 g/mol. The number of nitrogens with zero attached hydrogens (tertiary/aromatic N) is 4. The van der Waals surface area contributed by atoms with Crippen molar-refractivity contribution >= 4 is 5.91 Å². The third-order valence-electron chi connectivity index (χ3n) is 4.78. The van der Waals surface area contributed by atoms with Crippen LogP contribution < -0.4 is 4.74 Å². The fraction of sp³-hybridized carbons (Fsp3) is 0.250. The highest BCUT2D eigenvalue weighted by molar-refractivity contribution is 5.95. The molecule has 2 aromatic heterocycles. The van der Waals surface area contributed by atoms with Crippen molar-refractivity contribution in [2.45, 2.75) is 18.9 Å². The summed E-state index contributed by atoms with van der Waals surface area (Å²) in [5, 5.41) is 0. The van der Waals surface area contributed by atoms with E-state index in [0.717, 1.165) is 30.7 Å². The molecule has 1 unspecified atom stereocenters. The molecule has 3 heterocycles. The normalized spacial score (nSPS) is 16.7. The molecule has 4 rings (SSSR count). The standard InChI is InChI=1S/C20H20N4O2/c1-26-17-6-4-15(5-7-17)18-3-2-11-24(18)20(25)16-8-9-22-19(13-16)23-12-10-21-14-23/h4-10,12-14,18H,2-3,11H2,1H3. The lowest BCUT2D eigenvalue weighted by Gasteiger charge is -2.25. The van der Waals surface area contributed by atoms with Gasteiger partial charge in [0.05, 0.1) is 13.2 Å². The first-order valence-corrected chi connectivity index (χ1v) is 8.65. The van der Waals surface area contributed by atoms with Gasteiger partial charge in [-0.1, -0.05) is 12.1 Å². The van der Waals surface area contributed by atoms with E-state index in [0.29, 0.717) is 11.4 Å². The van der Waals surface area contributed by atoms with E-state index in [1.807, 2.05) is 41.4 Å². The first-order chi connectivity index (χ1) is 12.8. The van der Waals surface area contributed by atoms with Crippen LogP contribution in [0.4, 0.5) is 0 Å². The second-order valence-corrected chi connectivity index (χ2v) is 6.30. The van der Waals surface area contributed by atoms with Crippen molar-refractivity contribution in [1.29, 1.82) is 0 Å². The first-order valence-electron chi connectivity index (χ1n) is 8.65. The molecule has 0 radical (unpaired) electrons. The number of hydrogen-bond acceptors (Lipinski definition) is 4. The number of ether oxygens (including phenoxy) is 1. The molecule has 1 aromatic carbocycles. The van der Waals surface area contributed by atoms with Gasteiger partial charge in [0.25, 0.3) is 5.91 Å². The molecule has 26 heavy (non-hydrogen) atoms. The van der Waals surface area contributed by atoms with E-state index in [1.54, 1.807) is 36.5 Å². The fourth-order valence-corrected chi connectivity index (χ4v) is 3.44. The lowest BCUT2D eigenvalue weighted by atomic mass is 10.0. The first kappa shape index (κ1) is 16.3. The van der Waals surface area contributed by atoms with Crippen LogP contribution in [0.3, 0.4) is 0 Å². The zero-order valence-electron chi connectivity index (χ0n) is 14.6. The SMILES string of the molecule is COc1ccc(C2CCCN2C(=O)c2ccnc(-n3ccnc3)c2)cc1. The number of carbonyl (C=O) groups excluding carboxylic acids is 1. The highest BCUT2D eigenvalue weighted by Crippen LogP contribution is 2.34. The summed E-state index contributed by atoms with van der Waals surface area (Å²) < 4.78 is 7.02. The molecule has 1 aliphatic rings. The van der Waals surface area contributed by atoms with Gasteiger partial charge < -0.3 is 9.64 Å². The van der Waals surface area contributed by atoms with Crippen LogP contribution in [0.2, 0.25) is 0 Å². The van der Waals surface area contributed by atoms with E-state index in [1.165, 1.54) is 0 Å². The van der Waals surface area contributed by atoms with Crippen molar-refractivity contribution in [3.05, 3.63) is 72.4 Å². The summed E-state index contributed by atoms with van der Waals surface area (Å²) in [7, 11) is 1.65. The minimum atomic E-state index is 0.0343. The lowest BCUT2D eigenvalue weighted by Crippen LogP contribution is -2.30. The highest BCUT2D eigenvalue weighted by Gasteiger charge is 2.30. The molecular weight excluding hydrogens is 328 g/mol. The molecule has 1 fully saturated rings. The summed E-state index contributed by atoms with van der Waals surface area (Å²) in [6.07, 6.45) is 8.82. The molecule has 3 aromatic rings. The Labute approximate surface area is 152 Å². The predicted molar refractivity (Wildman–Crippen MR) is 97.4 cm³/mol. The molecular formula is C20H20N4O2. The molecule has 0 N–H and O–H groups in total. The fourth-order valence-electron chi connectivity index (χ4n) is 3.44. The molecule has 132 valence electrons. The van der Waals surface area contributed by atoms with Crippen molar-refractivity contribution < 1.29 is 9.53 Å². The van der Waals surface area contributed by atoms with E-state index in [-0.39, 0.29) is 11.9 Å². The third kappa shape index (κ3) is 3.06. The van der Waals surface area contributed by atoms with Gasteiger partial charge in [0.1, 0.15) is 17.9 Å². The summed E-state index contributed by atoms with van der Waals surface area (Å²) in [4.78, 5) is 23.4. The number of pyridine rings is 1. The third-order valence-corrected chi connectivity index (χ3v) is 4.78. The molecule has 6 nitrogen and oxygen atoms in total. The van der Waals surface area contributed by atoms with Crippen molar-refractivity contribution in [3.8, 4) is 11.6 Å². The number of likely N-dealkylation sites (tertiary alicyclic amines) is 1. The van der Waals surface area contributed by atoms with Crippen molar-refractivity contribution in [3.63, 3.8) is 0 Å². The largest absolute Gasteiger partial charge is 0.497 e. The number of methoxy groups -OCH3 is 1. The van der Waals surface area contributed by atoms with Gasteiger partial charge in [-0.3, -0.25) is 9.36 Å². The van der Waals surface area contributed by atoms with Gasteiger partial charge in [-0.15, -0.1) is 0 Å². The Morgan fingerprint density at radius 1 is 1.19 bits per heavy atom. The Hall–Kier alpha value is -3.15.